The van der Waals surface area contributed by atoms with Crippen LogP contribution in [0.15, 0.2) is 21.6 Å². The van der Waals surface area contributed by atoms with Gasteiger partial charge in [0, 0.05) is 18.7 Å². The van der Waals surface area contributed by atoms with Crippen molar-refractivity contribution in [2.75, 3.05) is 6.54 Å². The molecule has 2 aromatic rings. The number of hydrogen-bond acceptors (Lipinski definition) is 3. The topological polar surface area (TPSA) is 40.7 Å². The predicted molar refractivity (Wildman–Crippen MR) is 64.2 cm³/mol. The fraction of sp³-hybridized carbons (Fsp3) is 0.300. The fourth-order valence-electron chi connectivity index (χ4n) is 1.97. The molecule has 1 atom stereocenters. The minimum atomic E-state index is 0.252. The lowest BCUT2D eigenvalue weighted by Gasteiger charge is -2.22. The van der Waals surface area contributed by atoms with Gasteiger partial charge in [0.05, 0.1) is 21.8 Å². The van der Waals surface area contributed by atoms with Gasteiger partial charge in [-0.2, -0.15) is 0 Å². The van der Waals surface area contributed by atoms with Crippen molar-refractivity contribution in [1.29, 1.82) is 0 Å². The van der Waals surface area contributed by atoms with Crippen LogP contribution in [-0.2, 0) is 6.42 Å². The van der Waals surface area contributed by atoms with E-state index in [1.807, 2.05) is 0 Å². The van der Waals surface area contributed by atoms with Gasteiger partial charge in [-0.05, 0) is 32.9 Å². The number of imidazole rings is 1. The Bertz CT molecular complexity index is 476. The molecule has 3 nitrogen and oxygen atoms in total. The van der Waals surface area contributed by atoms with Crippen molar-refractivity contribution in [3.8, 4) is 0 Å². The van der Waals surface area contributed by atoms with Crippen LogP contribution in [0.5, 0.6) is 0 Å². The molecule has 0 saturated heterocycles. The van der Waals surface area contributed by atoms with E-state index < -0.39 is 0 Å². The predicted octanol–water partition coefficient (Wildman–Crippen LogP) is 2.47. The van der Waals surface area contributed by atoms with Crippen molar-refractivity contribution < 1.29 is 0 Å². The average molecular weight is 284 g/mol. The zero-order chi connectivity index (χ0) is 10.3. The molecule has 15 heavy (non-hydrogen) atoms. The maximum Gasteiger partial charge on any atom is 0.0926 e. The normalized spacial score (nSPS) is 20.2. The zero-order valence-corrected chi connectivity index (χ0v) is 10.4. The van der Waals surface area contributed by atoms with Crippen molar-refractivity contribution in [3.05, 3.63) is 38.5 Å². The number of aromatic amines is 1. The lowest BCUT2D eigenvalue weighted by atomic mass is 10.0. The molecule has 0 spiro atoms. The molecule has 1 aliphatic rings. The van der Waals surface area contributed by atoms with Gasteiger partial charge in [0.25, 0.3) is 0 Å². The zero-order valence-electron chi connectivity index (χ0n) is 7.96. The van der Waals surface area contributed by atoms with Crippen LogP contribution in [0.25, 0.3) is 0 Å². The van der Waals surface area contributed by atoms with E-state index in [1.165, 1.54) is 15.0 Å². The molecule has 2 N–H and O–H groups in total. The van der Waals surface area contributed by atoms with Crippen LogP contribution in [-0.4, -0.2) is 16.5 Å². The summed E-state index contributed by atoms with van der Waals surface area (Å²) in [5.41, 5.74) is 3.70. The first-order chi connectivity index (χ1) is 7.34. The molecule has 0 aromatic carbocycles. The van der Waals surface area contributed by atoms with Crippen LogP contribution in [0.2, 0.25) is 0 Å². The summed E-state index contributed by atoms with van der Waals surface area (Å²) in [6.07, 6.45) is 2.82. The Hall–Kier alpha value is -0.650. The van der Waals surface area contributed by atoms with Crippen LogP contribution in [0, 0.1) is 0 Å². The maximum atomic E-state index is 4.40. The Morgan fingerprint density at radius 1 is 1.53 bits per heavy atom. The minimum Gasteiger partial charge on any atom is -0.348 e. The number of fused-ring (bicyclic) bond motifs is 1. The average Bonchev–Trinajstić information content (AvgIpc) is 2.84. The van der Waals surface area contributed by atoms with Crippen LogP contribution >= 0.6 is 27.3 Å². The third kappa shape index (κ3) is 1.64. The van der Waals surface area contributed by atoms with Crippen LogP contribution in [0.1, 0.15) is 23.0 Å². The molecule has 2 aromatic heterocycles. The van der Waals surface area contributed by atoms with Gasteiger partial charge in [-0.15, -0.1) is 11.3 Å². The molecular formula is C10H10BrN3S. The number of thiophene rings is 1. The Balaban J connectivity index is 2.02. The number of rotatable bonds is 1. The third-order valence-electron chi connectivity index (χ3n) is 2.67. The van der Waals surface area contributed by atoms with E-state index in [0.29, 0.717) is 0 Å². The molecule has 5 heteroatoms. The number of H-pyrrole nitrogens is 1. The summed E-state index contributed by atoms with van der Waals surface area (Å²) < 4.78 is 1.17. The Morgan fingerprint density at radius 2 is 2.47 bits per heavy atom. The molecule has 0 amide bonds. The second kappa shape index (κ2) is 3.73. The highest BCUT2D eigenvalue weighted by Gasteiger charge is 2.24. The van der Waals surface area contributed by atoms with Gasteiger partial charge in [-0.1, -0.05) is 0 Å². The molecule has 78 valence electrons. The lowest BCUT2D eigenvalue weighted by Crippen LogP contribution is -2.30. The van der Waals surface area contributed by atoms with Gasteiger partial charge in [0.15, 0.2) is 0 Å². The number of hydrogen-bond donors (Lipinski definition) is 2. The minimum absolute atomic E-state index is 0.252. The summed E-state index contributed by atoms with van der Waals surface area (Å²) >= 11 is 5.21. The van der Waals surface area contributed by atoms with E-state index >= 15 is 0 Å². The van der Waals surface area contributed by atoms with Crippen molar-refractivity contribution in [2.45, 2.75) is 12.5 Å². The van der Waals surface area contributed by atoms with E-state index in [4.69, 9.17) is 0 Å². The number of nitrogens with one attached hydrogen (secondary N) is 2. The quantitative estimate of drug-likeness (QED) is 0.844. The van der Waals surface area contributed by atoms with E-state index in [0.717, 1.165) is 18.7 Å². The smallest absolute Gasteiger partial charge is 0.0926 e. The molecule has 0 radical (unpaired) electrons. The summed E-state index contributed by atoms with van der Waals surface area (Å²) in [5, 5.41) is 5.67. The molecule has 1 unspecified atom stereocenters. The molecule has 0 bridgehead atoms. The van der Waals surface area contributed by atoms with E-state index in [9.17, 15) is 0 Å². The SMILES string of the molecule is Brc1cc(C2NCCc3[nH]cnc32)cs1. The molecule has 0 saturated carbocycles. The summed E-state index contributed by atoms with van der Waals surface area (Å²) in [4.78, 5) is 7.60. The van der Waals surface area contributed by atoms with Gasteiger partial charge in [-0.25, -0.2) is 4.98 Å². The van der Waals surface area contributed by atoms with Gasteiger partial charge in [-0.3, -0.25) is 0 Å². The second-order valence-corrected chi connectivity index (χ2v) is 5.88. The van der Waals surface area contributed by atoms with Crippen molar-refractivity contribution in [2.24, 2.45) is 0 Å². The molecule has 1 aliphatic heterocycles. The highest BCUT2D eigenvalue weighted by molar-refractivity contribution is 9.11. The van der Waals surface area contributed by atoms with Gasteiger partial charge in [0.2, 0.25) is 0 Å². The van der Waals surface area contributed by atoms with Gasteiger partial charge >= 0.3 is 0 Å². The monoisotopic (exact) mass is 283 g/mol. The Labute approximate surface area is 100 Å². The Kier molecular flexibility index (Phi) is 2.38. The number of aromatic nitrogens is 2. The largest absolute Gasteiger partial charge is 0.348 e. The van der Waals surface area contributed by atoms with Crippen LogP contribution in [0.3, 0.4) is 0 Å². The van der Waals surface area contributed by atoms with Crippen LogP contribution in [0.4, 0.5) is 0 Å². The Morgan fingerprint density at radius 3 is 3.27 bits per heavy atom. The first-order valence-corrected chi connectivity index (χ1v) is 6.51. The standard InChI is InChI=1S/C10H10BrN3S/c11-8-3-6(4-15-8)9-10-7(1-2-12-9)13-5-14-10/h3-5,9,12H,1-2H2,(H,13,14). The van der Waals surface area contributed by atoms with E-state index in [-0.39, 0.29) is 6.04 Å². The molecule has 3 heterocycles. The van der Waals surface area contributed by atoms with Crippen molar-refractivity contribution in [1.82, 2.24) is 15.3 Å². The number of halogens is 1. The first-order valence-electron chi connectivity index (χ1n) is 4.84. The summed E-state index contributed by atoms with van der Waals surface area (Å²) in [6.45, 7) is 1.01. The van der Waals surface area contributed by atoms with Gasteiger partial charge in [0.1, 0.15) is 0 Å². The first kappa shape index (κ1) is 9.57. The van der Waals surface area contributed by atoms with E-state index in [1.54, 1.807) is 17.7 Å². The highest BCUT2D eigenvalue weighted by Crippen LogP contribution is 2.31. The van der Waals surface area contributed by atoms with Crippen molar-refractivity contribution >= 4 is 27.3 Å². The lowest BCUT2D eigenvalue weighted by molar-refractivity contribution is 0.554. The summed E-state index contributed by atoms with van der Waals surface area (Å²) in [7, 11) is 0. The van der Waals surface area contributed by atoms with Crippen molar-refractivity contribution in [3.63, 3.8) is 0 Å². The fourth-order valence-corrected chi connectivity index (χ4v) is 3.17. The third-order valence-corrected chi connectivity index (χ3v) is 4.19. The second-order valence-electron chi connectivity index (χ2n) is 3.59. The van der Waals surface area contributed by atoms with Crippen LogP contribution < -0.4 is 5.32 Å². The molecular weight excluding hydrogens is 274 g/mol. The summed E-state index contributed by atoms with van der Waals surface area (Å²) in [5.74, 6) is 0. The molecule has 0 aliphatic carbocycles. The molecule has 3 rings (SSSR count). The summed E-state index contributed by atoms with van der Waals surface area (Å²) in [6, 6.07) is 2.41. The highest BCUT2D eigenvalue weighted by atomic mass is 79.9. The molecule has 0 fully saturated rings. The maximum absolute atomic E-state index is 4.40. The van der Waals surface area contributed by atoms with E-state index in [2.05, 4.69) is 42.7 Å². The number of nitrogens with zero attached hydrogens (tertiary/aromatic N) is 1. The van der Waals surface area contributed by atoms with Gasteiger partial charge < -0.3 is 10.3 Å².